The van der Waals surface area contributed by atoms with Gasteiger partial charge in [-0.25, -0.2) is 4.79 Å². The number of nitrogens with zero attached hydrogens (tertiary/aromatic N) is 3. The number of rotatable bonds is 5. The molecule has 1 aromatic carbocycles. The third-order valence-electron chi connectivity index (χ3n) is 6.22. The van der Waals surface area contributed by atoms with E-state index in [2.05, 4.69) is 20.5 Å². The van der Waals surface area contributed by atoms with Gasteiger partial charge in [0.15, 0.2) is 0 Å². The van der Waals surface area contributed by atoms with E-state index in [1.165, 1.54) is 0 Å². The van der Waals surface area contributed by atoms with Gasteiger partial charge in [0.25, 0.3) is 5.91 Å². The molecule has 8 nitrogen and oxygen atoms in total. The molecular weight excluding hydrogens is 465 g/mol. The summed E-state index contributed by atoms with van der Waals surface area (Å²) < 4.78 is 0. The van der Waals surface area contributed by atoms with Gasteiger partial charge in [0.1, 0.15) is 5.54 Å². The number of hydrogen-bond acceptors (Lipinski definition) is 5. The molecule has 4 rings (SSSR count). The van der Waals surface area contributed by atoms with E-state index in [1.807, 2.05) is 26.0 Å². The number of benzene rings is 1. The van der Waals surface area contributed by atoms with Gasteiger partial charge in [-0.1, -0.05) is 29.3 Å². The second-order valence-corrected chi connectivity index (χ2v) is 9.38. The van der Waals surface area contributed by atoms with Crippen molar-refractivity contribution in [3.8, 4) is 0 Å². The SMILES string of the molecule is Cc1ccc(C2(CCC(=O)N3CCN(c4cc(Cl)cc(Cl)c4)[C@@H](C)C3)NC(=O)NC2=O)cn1. The number of carbonyl (C=O) groups is 3. The molecule has 2 atom stereocenters. The first kappa shape index (κ1) is 23.3. The van der Waals surface area contributed by atoms with Crippen molar-refractivity contribution in [2.75, 3.05) is 24.5 Å². The molecule has 10 heteroatoms. The minimum absolute atomic E-state index is 0.0574. The molecule has 174 valence electrons. The van der Waals surface area contributed by atoms with Crippen LogP contribution in [0.3, 0.4) is 0 Å². The number of hydrogen-bond donors (Lipinski definition) is 2. The van der Waals surface area contributed by atoms with Gasteiger partial charge < -0.3 is 15.1 Å². The molecule has 1 aromatic heterocycles. The summed E-state index contributed by atoms with van der Waals surface area (Å²) in [6.45, 7) is 5.57. The second-order valence-electron chi connectivity index (χ2n) is 8.51. The first-order valence-electron chi connectivity index (χ1n) is 10.8. The Balaban J connectivity index is 1.44. The molecule has 2 saturated heterocycles. The van der Waals surface area contributed by atoms with Crippen LogP contribution in [0.2, 0.25) is 10.0 Å². The van der Waals surface area contributed by atoms with Crippen molar-refractivity contribution in [1.29, 1.82) is 0 Å². The zero-order valence-corrected chi connectivity index (χ0v) is 19.9. The summed E-state index contributed by atoms with van der Waals surface area (Å²) >= 11 is 12.3. The Hall–Kier alpha value is -2.84. The fourth-order valence-electron chi connectivity index (χ4n) is 4.46. The topological polar surface area (TPSA) is 94.6 Å². The number of halogens is 2. The molecule has 4 amide bonds. The number of anilines is 1. The number of urea groups is 1. The molecule has 0 aliphatic carbocycles. The highest BCUT2D eigenvalue weighted by Crippen LogP contribution is 2.31. The van der Waals surface area contributed by atoms with E-state index in [-0.39, 0.29) is 24.8 Å². The van der Waals surface area contributed by atoms with Gasteiger partial charge in [-0.3, -0.25) is 19.9 Å². The van der Waals surface area contributed by atoms with Gasteiger partial charge in [-0.2, -0.15) is 0 Å². The molecule has 2 aliphatic rings. The van der Waals surface area contributed by atoms with E-state index in [1.54, 1.807) is 29.3 Å². The fraction of sp³-hybridized carbons (Fsp3) is 0.391. The van der Waals surface area contributed by atoms with Gasteiger partial charge in [0.2, 0.25) is 5.91 Å². The molecule has 0 radical (unpaired) electrons. The standard InChI is InChI=1S/C23H25Cl2N5O3/c1-14-3-4-16(12-26-14)23(21(32)27-22(33)28-23)6-5-20(31)29-7-8-30(15(2)13-29)19-10-17(24)9-18(25)11-19/h3-4,9-12,15H,5-8,13H2,1-2H3,(H2,27,28,32,33)/t15-,23?/m0/s1. The van der Waals surface area contributed by atoms with E-state index < -0.39 is 17.5 Å². The number of amides is 4. The van der Waals surface area contributed by atoms with Crippen molar-refractivity contribution < 1.29 is 14.4 Å². The molecule has 33 heavy (non-hydrogen) atoms. The Morgan fingerprint density at radius 3 is 2.48 bits per heavy atom. The molecular formula is C23H25Cl2N5O3. The van der Waals surface area contributed by atoms with Gasteiger partial charge in [0, 0.05) is 65.3 Å². The van der Waals surface area contributed by atoms with Crippen LogP contribution >= 0.6 is 23.2 Å². The van der Waals surface area contributed by atoms with Crippen LogP contribution in [0, 0.1) is 6.92 Å². The minimum atomic E-state index is -1.31. The summed E-state index contributed by atoms with van der Waals surface area (Å²) in [6.07, 6.45) is 1.83. The molecule has 0 bridgehead atoms. The lowest BCUT2D eigenvalue weighted by molar-refractivity contribution is -0.133. The summed E-state index contributed by atoms with van der Waals surface area (Å²) in [4.78, 5) is 45.9. The van der Waals surface area contributed by atoms with Gasteiger partial charge in [-0.15, -0.1) is 0 Å². The Bertz CT molecular complexity index is 1070. The van der Waals surface area contributed by atoms with Gasteiger partial charge in [0.05, 0.1) is 0 Å². The van der Waals surface area contributed by atoms with Crippen molar-refractivity contribution in [2.45, 2.75) is 38.3 Å². The highest BCUT2D eigenvalue weighted by atomic mass is 35.5. The summed E-state index contributed by atoms with van der Waals surface area (Å²) in [5.41, 5.74) is 0.962. The monoisotopic (exact) mass is 489 g/mol. The van der Waals surface area contributed by atoms with Crippen LogP contribution in [-0.4, -0.2) is 53.4 Å². The lowest BCUT2D eigenvalue weighted by Gasteiger charge is -2.41. The number of nitrogens with one attached hydrogen (secondary N) is 2. The Labute approximate surface area is 202 Å². The predicted octanol–water partition coefficient (Wildman–Crippen LogP) is 3.25. The first-order valence-corrected chi connectivity index (χ1v) is 11.5. The van der Waals surface area contributed by atoms with Gasteiger partial charge in [-0.05, 0) is 44.5 Å². The smallest absolute Gasteiger partial charge is 0.322 e. The van der Waals surface area contributed by atoms with Crippen molar-refractivity contribution >= 4 is 46.7 Å². The van der Waals surface area contributed by atoms with Crippen LogP contribution in [0.15, 0.2) is 36.5 Å². The quantitative estimate of drug-likeness (QED) is 0.628. The molecule has 2 aromatic rings. The maximum absolute atomic E-state index is 13.1. The van der Waals surface area contributed by atoms with Crippen LogP contribution in [0.5, 0.6) is 0 Å². The van der Waals surface area contributed by atoms with E-state index in [4.69, 9.17) is 23.2 Å². The second kappa shape index (κ2) is 9.19. The zero-order valence-electron chi connectivity index (χ0n) is 18.4. The van der Waals surface area contributed by atoms with Gasteiger partial charge >= 0.3 is 6.03 Å². The average Bonchev–Trinajstić information content (AvgIpc) is 3.05. The number of imide groups is 1. The Morgan fingerprint density at radius 2 is 1.91 bits per heavy atom. The highest BCUT2D eigenvalue weighted by Gasteiger charge is 2.48. The van der Waals surface area contributed by atoms with Crippen molar-refractivity contribution in [2.24, 2.45) is 0 Å². The van der Waals surface area contributed by atoms with Crippen LogP contribution in [0.4, 0.5) is 10.5 Å². The Morgan fingerprint density at radius 1 is 1.18 bits per heavy atom. The summed E-state index contributed by atoms with van der Waals surface area (Å²) in [7, 11) is 0. The van der Waals surface area contributed by atoms with Crippen LogP contribution in [0.25, 0.3) is 0 Å². The molecule has 3 heterocycles. The van der Waals surface area contributed by atoms with E-state index >= 15 is 0 Å². The van der Waals surface area contributed by atoms with Crippen LogP contribution in [0.1, 0.15) is 31.0 Å². The van der Waals surface area contributed by atoms with E-state index in [0.717, 1.165) is 11.4 Å². The molecule has 0 spiro atoms. The van der Waals surface area contributed by atoms with Crippen LogP contribution < -0.4 is 15.5 Å². The van der Waals surface area contributed by atoms with Crippen molar-refractivity contribution in [3.05, 3.63) is 57.8 Å². The lowest BCUT2D eigenvalue weighted by Crippen LogP contribution is -2.54. The maximum Gasteiger partial charge on any atom is 0.322 e. The number of aromatic nitrogens is 1. The molecule has 2 aliphatic heterocycles. The van der Waals surface area contributed by atoms with Crippen molar-refractivity contribution in [3.63, 3.8) is 0 Å². The number of carbonyl (C=O) groups excluding carboxylic acids is 3. The normalized spacial score (nSPS) is 22.8. The average molecular weight is 490 g/mol. The van der Waals surface area contributed by atoms with E-state index in [9.17, 15) is 14.4 Å². The molecule has 1 unspecified atom stereocenters. The number of aryl methyl sites for hydroxylation is 1. The third kappa shape index (κ3) is 4.77. The maximum atomic E-state index is 13.1. The number of pyridine rings is 1. The summed E-state index contributed by atoms with van der Waals surface area (Å²) in [5.74, 6) is -0.541. The summed E-state index contributed by atoms with van der Waals surface area (Å²) in [6, 6.07) is 8.44. The Kier molecular flexibility index (Phi) is 6.50. The largest absolute Gasteiger partial charge is 0.365 e. The summed E-state index contributed by atoms with van der Waals surface area (Å²) in [5, 5.41) is 6.14. The molecule has 2 fully saturated rings. The van der Waals surface area contributed by atoms with Crippen molar-refractivity contribution in [1.82, 2.24) is 20.5 Å². The predicted molar refractivity (Wildman–Crippen MR) is 126 cm³/mol. The highest BCUT2D eigenvalue weighted by molar-refractivity contribution is 6.35. The zero-order chi connectivity index (χ0) is 23.8. The molecule has 2 N–H and O–H groups in total. The third-order valence-corrected chi connectivity index (χ3v) is 6.66. The lowest BCUT2D eigenvalue weighted by atomic mass is 9.86. The van der Waals surface area contributed by atoms with E-state index in [0.29, 0.717) is 35.2 Å². The molecule has 0 saturated carbocycles. The number of piperazine rings is 1. The minimum Gasteiger partial charge on any atom is -0.365 e. The van der Waals surface area contributed by atoms with Crippen LogP contribution in [-0.2, 0) is 15.1 Å². The first-order chi connectivity index (χ1) is 15.7. The fourth-order valence-corrected chi connectivity index (χ4v) is 4.98.